The minimum atomic E-state index is 0.606. The van der Waals surface area contributed by atoms with Gasteiger partial charge in [-0.05, 0) is 38.0 Å². The van der Waals surface area contributed by atoms with Crippen LogP contribution in [0.1, 0.15) is 42.6 Å². The lowest BCUT2D eigenvalue weighted by Crippen LogP contribution is -2.01. The summed E-state index contributed by atoms with van der Waals surface area (Å²) >= 11 is 0. The summed E-state index contributed by atoms with van der Waals surface area (Å²) in [6, 6.07) is 15.5. The Bertz CT molecular complexity index is 564. The van der Waals surface area contributed by atoms with Crippen molar-refractivity contribution >= 4 is 6.29 Å². The quantitative estimate of drug-likeness (QED) is 0.669. The van der Waals surface area contributed by atoms with Gasteiger partial charge in [0.1, 0.15) is 6.29 Å². The first-order valence-electron chi connectivity index (χ1n) is 8.07. The molecule has 0 aliphatic heterocycles. The van der Waals surface area contributed by atoms with Gasteiger partial charge < -0.3 is 9.47 Å². The maximum atomic E-state index is 10.7. The molecule has 0 unspecified atom stereocenters. The van der Waals surface area contributed by atoms with E-state index in [9.17, 15) is 4.79 Å². The van der Waals surface area contributed by atoms with Crippen LogP contribution >= 0.6 is 0 Å². The molecule has 0 saturated carbocycles. The van der Waals surface area contributed by atoms with Crippen LogP contribution in [0.3, 0.4) is 0 Å². The highest BCUT2D eigenvalue weighted by molar-refractivity contribution is 5.76. The number of rotatable bonds is 7. The van der Waals surface area contributed by atoms with Crippen molar-refractivity contribution in [3.63, 3.8) is 0 Å². The van der Waals surface area contributed by atoms with Crippen molar-refractivity contribution in [3.05, 3.63) is 59.7 Å². The SMILES string of the molecule is CCCOc1ccc(C=O)cc1OCCC.Cc1ccccc1. The summed E-state index contributed by atoms with van der Waals surface area (Å²) in [5.41, 5.74) is 1.93. The molecule has 0 atom stereocenters. The number of hydrogen-bond donors (Lipinski definition) is 0. The summed E-state index contributed by atoms with van der Waals surface area (Å²) in [4.78, 5) is 10.7. The number of carbonyl (C=O) groups is 1. The molecular formula is C20H26O3. The number of aryl methyl sites for hydroxylation is 1. The topological polar surface area (TPSA) is 35.5 Å². The Morgan fingerprint density at radius 1 is 0.870 bits per heavy atom. The van der Waals surface area contributed by atoms with Gasteiger partial charge >= 0.3 is 0 Å². The predicted molar refractivity (Wildman–Crippen MR) is 94.6 cm³/mol. The molecule has 0 heterocycles. The van der Waals surface area contributed by atoms with Crippen molar-refractivity contribution in [1.29, 1.82) is 0 Å². The van der Waals surface area contributed by atoms with Crippen LogP contribution in [-0.4, -0.2) is 19.5 Å². The smallest absolute Gasteiger partial charge is 0.161 e. The van der Waals surface area contributed by atoms with Crippen LogP contribution in [0, 0.1) is 6.92 Å². The molecule has 3 nitrogen and oxygen atoms in total. The van der Waals surface area contributed by atoms with Gasteiger partial charge in [0, 0.05) is 5.56 Å². The van der Waals surface area contributed by atoms with Crippen molar-refractivity contribution in [2.45, 2.75) is 33.6 Å². The van der Waals surface area contributed by atoms with Crippen LogP contribution in [0.15, 0.2) is 48.5 Å². The van der Waals surface area contributed by atoms with Gasteiger partial charge in [0.25, 0.3) is 0 Å². The Balaban J connectivity index is 0.000000313. The molecular weight excluding hydrogens is 288 g/mol. The van der Waals surface area contributed by atoms with E-state index in [1.165, 1.54) is 5.56 Å². The van der Waals surface area contributed by atoms with Gasteiger partial charge in [-0.3, -0.25) is 4.79 Å². The number of carbonyl (C=O) groups excluding carboxylic acids is 1. The molecule has 0 fully saturated rings. The van der Waals surface area contributed by atoms with Crippen LogP contribution in [0.5, 0.6) is 11.5 Å². The van der Waals surface area contributed by atoms with E-state index in [0.29, 0.717) is 30.3 Å². The van der Waals surface area contributed by atoms with Crippen molar-refractivity contribution < 1.29 is 14.3 Å². The lowest BCUT2D eigenvalue weighted by atomic mass is 10.2. The average molecular weight is 314 g/mol. The monoisotopic (exact) mass is 314 g/mol. The Hall–Kier alpha value is -2.29. The first-order chi connectivity index (χ1) is 11.2. The molecule has 23 heavy (non-hydrogen) atoms. The van der Waals surface area contributed by atoms with Gasteiger partial charge in [0.05, 0.1) is 13.2 Å². The predicted octanol–water partition coefficient (Wildman–Crippen LogP) is 5.07. The molecule has 0 bridgehead atoms. The molecule has 0 N–H and O–H groups in total. The fourth-order valence-electron chi connectivity index (χ4n) is 1.79. The molecule has 2 aromatic carbocycles. The lowest BCUT2D eigenvalue weighted by Gasteiger charge is -2.12. The van der Waals surface area contributed by atoms with Crippen LogP contribution in [0.2, 0.25) is 0 Å². The van der Waals surface area contributed by atoms with Gasteiger partial charge in [-0.15, -0.1) is 0 Å². The van der Waals surface area contributed by atoms with E-state index < -0.39 is 0 Å². The Morgan fingerprint density at radius 3 is 1.96 bits per heavy atom. The molecule has 0 aromatic heterocycles. The van der Waals surface area contributed by atoms with Gasteiger partial charge in [0.15, 0.2) is 11.5 Å². The summed E-state index contributed by atoms with van der Waals surface area (Å²) in [5.74, 6) is 1.36. The third-order valence-electron chi connectivity index (χ3n) is 2.97. The van der Waals surface area contributed by atoms with E-state index >= 15 is 0 Å². The van der Waals surface area contributed by atoms with Gasteiger partial charge in [-0.2, -0.15) is 0 Å². The molecule has 0 saturated heterocycles. The summed E-state index contributed by atoms with van der Waals surface area (Å²) in [6.07, 6.45) is 2.68. The summed E-state index contributed by atoms with van der Waals surface area (Å²) < 4.78 is 11.1. The summed E-state index contributed by atoms with van der Waals surface area (Å²) in [5, 5.41) is 0. The summed E-state index contributed by atoms with van der Waals surface area (Å²) in [6.45, 7) is 7.45. The normalized spacial score (nSPS) is 9.52. The van der Waals surface area contributed by atoms with Crippen molar-refractivity contribution in [2.24, 2.45) is 0 Å². The van der Waals surface area contributed by atoms with E-state index in [1.807, 2.05) is 32.0 Å². The third kappa shape index (κ3) is 7.50. The zero-order valence-corrected chi connectivity index (χ0v) is 14.2. The highest BCUT2D eigenvalue weighted by atomic mass is 16.5. The first kappa shape index (κ1) is 18.8. The maximum Gasteiger partial charge on any atom is 0.161 e. The molecule has 0 spiro atoms. The number of benzene rings is 2. The average Bonchev–Trinajstić information content (AvgIpc) is 2.59. The zero-order chi connectivity index (χ0) is 16.9. The molecule has 2 aromatic rings. The van der Waals surface area contributed by atoms with Crippen molar-refractivity contribution in [1.82, 2.24) is 0 Å². The second-order valence-electron chi connectivity index (χ2n) is 5.18. The minimum Gasteiger partial charge on any atom is -0.490 e. The lowest BCUT2D eigenvalue weighted by molar-refractivity contribution is 0.112. The highest BCUT2D eigenvalue weighted by Crippen LogP contribution is 2.28. The largest absolute Gasteiger partial charge is 0.490 e. The van der Waals surface area contributed by atoms with Gasteiger partial charge in [-0.1, -0.05) is 49.7 Å². The molecule has 0 aliphatic rings. The van der Waals surface area contributed by atoms with E-state index in [-0.39, 0.29) is 0 Å². The first-order valence-corrected chi connectivity index (χ1v) is 8.07. The highest BCUT2D eigenvalue weighted by Gasteiger charge is 2.06. The van der Waals surface area contributed by atoms with Crippen LogP contribution in [0.4, 0.5) is 0 Å². The molecule has 0 radical (unpaired) electrons. The van der Waals surface area contributed by atoms with E-state index in [1.54, 1.807) is 18.2 Å². The van der Waals surface area contributed by atoms with E-state index in [2.05, 4.69) is 19.1 Å². The molecule has 0 amide bonds. The standard InChI is InChI=1S/C13H18O3.C7H8/c1-3-7-15-12-6-5-11(10-14)9-13(12)16-8-4-2;1-7-5-3-2-4-6-7/h5-6,9-10H,3-4,7-8H2,1-2H3;2-6H,1H3. The third-order valence-corrected chi connectivity index (χ3v) is 2.97. The number of hydrogen-bond acceptors (Lipinski definition) is 3. The molecule has 0 aliphatic carbocycles. The van der Waals surface area contributed by atoms with Crippen LogP contribution < -0.4 is 9.47 Å². The molecule has 3 heteroatoms. The Morgan fingerprint density at radius 2 is 1.48 bits per heavy atom. The number of ether oxygens (including phenoxy) is 2. The second-order valence-corrected chi connectivity index (χ2v) is 5.18. The second kappa shape index (κ2) is 11.3. The Labute approximate surface area is 139 Å². The van der Waals surface area contributed by atoms with Crippen LogP contribution in [-0.2, 0) is 0 Å². The van der Waals surface area contributed by atoms with Gasteiger partial charge in [0.2, 0.25) is 0 Å². The Kier molecular flexibility index (Phi) is 9.22. The van der Waals surface area contributed by atoms with Gasteiger partial charge in [-0.25, -0.2) is 0 Å². The van der Waals surface area contributed by atoms with Crippen molar-refractivity contribution in [3.8, 4) is 11.5 Å². The zero-order valence-electron chi connectivity index (χ0n) is 14.2. The van der Waals surface area contributed by atoms with E-state index in [0.717, 1.165) is 19.1 Å². The number of aldehydes is 1. The fourth-order valence-corrected chi connectivity index (χ4v) is 1.79. The molecule has 124 valence electrons. The van der Waals surface area contributed by atoms with Crippen LogP contribution in [0.25, 0.3) is 0 Å². The maximum absolute atomic E-state index is 10.7. The minimum absolute atomic E-state index is 0.606. The summed E-state index contributed by atoms with van der Waals surface area (Å²) in [7, 11) is 0. The van der Waals surface area contributed by atoms with Crippen molar-refractivity contribution in [2.75, 3.05) is 13.2 Å². The fraction of sp³-hybridized carbons (Fsp3) is 0.350. The van der Waals surface area contributed by atoms with E-state index in [4.69, 9.17) is 9.47 Å². The molecule has 2 rings (SSSR count).